The third-order valence-electron chi connectivity index (χ3n) is 2.95. The average molecular weight is 312 g/mol. The molecule has 0 unspecified atom stereocenters. The van der Waals surface area contributed by atoms with Crippen LogP contribution in [0.4, 0.5) is 0 Å². The van der Waals surface area contributed by atoms with E-state index in [0.717, 1.165) is 0 Å². The number of hydrogen-bond acceptors (Lipinski definition) is 5. The van der Waals surface area contributed by atoms with Crippen molar-refractivity contribution in [2.24, 2.45) is 5.41 Å². The van der Waals surface area contributed by atoms with Gasteiger partial charge in [-0.3, -0.25) is 0 Å². The first-order chi connectivity index (χ1) is 8.77. The Balaban J connectivity index is 1.59. The molecule has 5 nitrogen and oxygen atoms in total. The van der Waals surface area contributed by atoms with Gasteiger partial charge in [-0.15, -0.1) is 0 Å². The van der Waals surface area contributed by atoms with Gasteiger partial charge >= 0.3 is 110 Å². The zero-order valence-electron chi connectivity index (χ0n) is 9.70. The molecule has 0 amide bonds. The van der Waals surface area contributed by atoms with E-state index < -0.39 is 15.7 Å². The molecule has 0 spiro atoms. The van der Waals surface area contributed by atoms with Crippen LogP contribution in [0.1, 0.15) is 10.4 Å². The van der Waals surface area contributed by atoms with E-state index in [1.807, 2.05) is 18.2 Å². The van der Waals surface area contributed by atoms with Crippen molar-refractivity contribution in [3.05, 3.63) is 35.9 Å². The van der Waals surface area contributed by atoms with E-state index >= 15 is 0 Å². The predicted octanol–water partition coefficient (Wildman–Crippen LogP) is 0.892. The third-order valence-corrected chi connectivity index (χ3v) is 5.09. The summed E-state index contributed by atoms with van der Waals surface area (Å²) in [6.07, 6.45) is 0. The molecule has 96 valence electrons. The summed E-state index contributed by atoms with van der Waals surface area (Å²) >= 11 is -1.90. The number of benzene rings is 1. The van der Waals surface area contributed by atoms with Crippen molar-refractivity contribution in [1.82, 2.24) is 0 Å². The van der Waals surface area contributed by atoms with E-state index in [1.165, 1.54) is 0 Å². The molecular formula is C12H13AsO5. The van der Waals surface area contributed by atoms with E-state index in [2.05, 4.69) is 0 Å². The van der Waals surface area contributed by atoms with Gasteiger partial charge in [0.25, 0.3) is 0 Å². The Kier molecular flexibility index (Phi) is 3.39. The Hall–Kier alpha value is -0.872. The maximum atomic E-state index is 11.8. The van der Waals surface area contributed by atoms with Gasteiger partial charge < -0.3 is 0 Å². The number of fused-ring (bicyclic) bond motifs is 3. The molecule has 3 heterocycles. The van der Waals surface area contributed by atoms with Crippen molar-refractivity contribution in [3.63, 3.8) is 0 Å². The van der Waals surface area contributed by atoms with Gasteiger partial charge in [0.15, 0.2) is 0 Å². The monoisotopic (exact) mass is 312 g/mol. The summed E-state index contributed by atoms with van der Waals surface area (Å²) in [5, 5.41) is 0. The van der Waals surface area contributed by atoms with Crippen LogP contribution in [0.2, 0.25) is 0 Å². The Bertz CT molecular complexity index is 414. The fourth-order valence-electron chi connectivity index (χ4n) is 1.81. The normalized spacial score (nSPS) is 30.1. The van der Waals surface area contributed by atoms with E-state index in [0.29, 0.717) is 25.4 Å². The fourth-order valence-corrected chi connectivity index (χ4v) is 4.66. The molecule has 6 heteroatoms. The molecule has 0 radical (unpaired) electrons. The Morgan fingerprint density at radius 1 is 1.17 bits per heavy atom. The van der Waals surface area contributed by atoms with Crippen LogP contribution in [-0.4, -0.2) is 48.1 Å². The summed E-state index contributed by atoms with van der Waals surface area (Å²) in [6, 6.07) is 8.94. The van der Waals surface area contributed by atoms with Crippen LogP contribution in [0.25, 0.3) is 0 Å². The molecule has 3 aliphatic heterocycles. The maximum absolute atomic E-state index is 11.8. The number of carbonyl (C=O) groups excluding carboxylic acids is 1. The second-order valence-corrected chi connectivity index (χ2v) is 7.05. The van der Waals surface area contributed by atoms with Gasteiger partial charge in [0, 0.05) is 0 Å². The van der Waals surface area contributed by atoms with E-state index in [1.54, 1.807) is 12.1 Å². The van der Waals surface area contributed by atoms with Gasteiger partial charge in [0.05, 0.1) is 0 Å². The van der Waals surface area contributed by atoms with Crippen LogP contribution in [-0.2, 0) is 15.9 Å². The molecule has 3 saturated heterocycles. The summed E-state index contributed by atoms with van der Waals surface area (Å²) in [7, 11) is 0. The summed E-state index contributed by atoms with van der Waals surface area (Å²) in [6.45, 7) is 1.96. The SMILES string of the molecule is O=C(OCC12CO[As](OC1)OC2)c1ccccc1. The van der Waals surface area contributed by atoms with Gasteiger partial charge in [0.2, 0.25) is 0 Å². The molecule has 0 atom stereocenters. The first kappa shape index (κ1) is 12.2. The Labute approximate surface area is 110 Å². The van der Waals surface area contributed by atoms with Gasteiger partial charge in [-0.1, -0.05) is 0 Å². The van der Waals surface area contributed by atoms with Crippen LogP contribution < -0.4 is 0 Å². The zero-order chi connectivity index (χ0) is 12.4. The summed E-state index contributed by atoms with van der Waals surface area (Å²) in [5.41, 5.74) is 0.226. The molecule has 1 aromatic carbocycles. The first-order valence-electron chi connectivity index (χ1n) is 5.69. The Morgan fingerprint density at radius 2 is 1.78 bits per heavy atom. The van der Waals surface area contributed by atoms with Crippen LogP contribution in [0.5, 0.6) is 0 Å². The molecule has 0 aliphatic carbocycles. The minimum atomic E-state index is -1.90. The van der Waals surface area contributed by atoms with Crippen LogP contribution in [0.15, 0.2) is 30.3 Å². The molecule has 2 bridgehead atoms. The van der Waals surface area contributed by atoms with Gasteiger partial charge in [-0.25, -0.2) is 0 Å². The van der Waals surface area contributed by atoms with Gasteiger partial charge in [-0.05, 0) is 0 Å². The van der Waals surface area contributed by atoms with Gasteiger partial charge in [0.1, 0.15) is 0 Å². The molecule has 3 fully saturated rings. The fraction of sp³-hybridized carbons (Fsp3) is 0.417. The second kappa shape index (κ2) is 5.02. The zero-order valence-corrected chi connectivity index (χ0v) is 11.6. The van der Waals surface area contributed by atoms with Crippen molar-refractivity contribution >= 4 is 21.6 Å². The van der Waals surface area contributed by atoms with Gasteiger partial charge in [-0.2, -0.15) is 0 Å². The summed E-state index contributed by atoms with van der Waals surface area (Å²) in [4.78, 5) is 11.8. The summed E-state index contributed by atoms with van der Waals surface area (Å²) in [5.74, 6) is -0.324. The molecular weight excluding hydrogens is 299 g/mol. The standard InChI is InChI=1S/C12H13AsO5/c14-11(10-4-2-1-3-5-10)15-6-12-7-16-13(17-8-12)18-9-12/h1-5H,6-9H2. The molecule has 0 aromatic heterocycles. The molecule has 3 aliphatic rings. The number of rotatable bonds is 3. The summed E-state index contributed by atoms with van der Waals surface area (Å²) < 4.78 is 21.6. The third kappa shape index (κ3) is 2.45. The molecule has 1 aromatic rings. The van der Waals surface area contributed by atoms with Crippen molar-refractivity contribution in [1.29, 1.82) is 0 Å². The Morgan fingerprint density at radius 3 is 2.39 bits per heavy atom. The van der Waals surface area contributed by atoms with E-state index in [4.69, 9.17) is 15.9 Å². The van der Waals surface area contributed by atoms with Crippen molar-refractivity contribution in [2.75, 3.05) is 26.4 Å². The number of hydrogen-bond donors (Lipinski definition) is 0. The van der Waals surface area contributed by atoms with Crippen LogP contribution >= 0.6 is 0 Å². The second-order valence-electron chi connectivity index (χ2n) is 4.49. The van der Waals surface area contributed by atoms with Crippen molar-refractivity contribution in [3.8, 4) is 0 Å². The van der Waals surface area contributed by atoms with Crippen LogP contribution in [0, 0.1) is 5.41 Å². The average Bonchev–Trinajstić information content (AvgIpc) is 2.48. The first-order valence-corrected chi connectivity index (χ1v) is 7.98. The topological polar surface area (TPSA) is 54.0 Å². The van der Waals surface area contributed by atoms with Crippen molar-refractivity contribution < 1.29 is 20.7 Å². The van der Waals surface area contributed by atoms with Crippen molar-refractivity contribution in [2.45, 2.75) is 0 Å². The molecule has 4 rings (SSSR count). The molecule has 18 heavy (non-hydrogen) atoms. The minimum absolute atomic E-state index is 0.267. The molecule has 0 saturated carbocycles. The molecule has 0 N–H and O–H groups in total. The number of ether oxygens (including phenoxy) is 1. The van der Waals surface area contributed by atoms with E-state index in [-0.39, 0.29) is 18.0 Å². The predicted molar refractivity (Wildman–Crippen MR) is 62.8 cm³/mol. The number of esters is 1. The van der Waals surface area contributed by atoms with Crippen LogP contribution in [0.3, 0.4) is 0 Å². The van der Waals surface area contributed by atoms with E-state index in [9.17, 15) is 4.79 Å². The number of carbonyl (C=O) groups is 1. The quantitative estimate of drug-likeness (QED) is 0.613.